The summed E-state index contributed by atoms with van der Waals surface area (Å²) in [6, 6.07) is 8.35. The van der Waals surface area contributed by atoms with Crippen LogP contribution >= 0.6 is 0 Å². The highest BCUT2D eigenvalue weighted by molar-refractivity contribution is 6.03. The molecule has 1 amide bonds. The summed E-state index contributed by atoms with van der Waals surface area (Å²) < 4.78 is 6.51. The van der Waals surface area contributed by atoms with E-state index in [-0.39, 0.29) is 23.8 Å². The SMILES string of the molecule is CN1CC2CCC(C1)N2C(=O)c1cnc2[nH]cc(-c3ccc4c(c3)OC3(CCNCC3)CC4=O)c2c1. The van der Waals surface area contributed by atoms with Crippen molar-refractivity contribution in [2.75, 3.05) is 33.2 Å². The Morgan fingerprint density at radius 3 is 2.67 bits per heavy atom. The van der Waals surface area contributed by atoms with Crippen molar-refractivity contribution in [2.24, 2.45) is 0 Å². The van der Waals surface area contributed by atoms with E-state index in [1.54, 1.807) is 6.20 Å². The van der Waals surface area contributed by atoms with Crippen LogP contribution in [0.5, 0.6) is 5.75 Å². The molecule has 8 nitrogen and oxygen atoms in total. The van der Waals surface area contributed by atoms with E-state index in [9.17, 15) is 9.59 Å². The van der Waals surface area contributed by atoms with Crippen LogP contribution in [0.3, 0.4) is 0 Å². The number of H-pyrrole nitrogens is 1. The van der Waals surface area contributed by atoms with E-state index < -0.39 is 5.60 Å². The minimum absolute atomic E-state index is 0.0735. The number of ether oxygens (including phenoxy) is 1. The number of nitrogens with zero attached hydrogens (tertiary/aromatic N) is 3. The van der Waals surface area contributed by atoms with Gasteiger partial charge >= 0.3 is 0 Å². The minimum atomic E-state index is -0.406. The van der Waals surface area contributed by atoms with Gasteiger partial charge in [-0.2, -0.15) is 0 Å². The molecule has 2 N–H and O–H groups in total. The minimum Gasteiger partial charge on any atom is -0.486 e. The van der Waals surface area contributed by atoms with Gasteiger partial charge in [0.25, 0.3) is 5.91 Å². The number of ketones is 1. The van der Waals surface area contributed by atoms with Gasteiger partial charge in [-0.3, -0.25) is 9.59 Å². The Hall–Kier alpha value is -3.23. The topological polar surface area (TPSA) is 90.6 Å². The van der Waals surface area contributed by atoms with Crippen LogP contribution in [0.2, 0.25) is 0 Å². The van der Waals surface area contributed by atoms with Gasteiger partial charge in [-0.25, -0.2) is 4.98 Å². The predicted octanol–water partition coefficient (Wildman–Crippen LogP) is 3.24. The van der Waals surface area contributed by atoms with E-state index >= 15 is 0 Å². The first kappa shape index (κ1) is 22.0. The molecule has 2 atom stereocenters. The molecule has 1 spiro atoms. The lowest BCUT2D eigenvalue weighted by Crippen LogP contribution is -2.54. The molecule has 3 saturated heterocycles. The molecular weight excluding hydrogens is 454 g/mol. The number of hydrogen-bond donors (Lipinski definition) is 2. The first-order chi connectivity index (χ1) is 17.5. The number of rotatable bonds is 2. The molecule has 6 heterocycles. The van der Waals surface area contributed by atoms with Crippen molar-refractivity contribution in [1.82, 2.24) is 25.1 Å². The van der Waals surface area contributed by atoms with Crippen molar-refractivity contribution >= 4 is 22.7 Å². The van der Waals surface area contributed by atoms with Gasteiger partial charge in [0.1, 0.15) is 17.0 Å². The average molecular weight is 486 g/mol. The van der Waals surface area contributed by atoms with Crippen LogP contribution in [-0.2, 0) is 0 Å². The molecule has 0 aliphatic carbocycles. The smallest absolute Gasteiger partial charge is 0.256 e. The van der Waals surface area contributed by atoms with Gasteiger partial charge in [0, 0.05) is 61.4 Å². The van der Waals surface area contributed by atoms with Crippen molar-refractivity contribution < 1.29 is 14.3 Å². The lowest BCUT2D eigenvalue weighted by atomic mass is 9.82. The number of aromatic amines is 1. The summed E-state index contributed by atoms with van der Waals surface area (Å²) in [6.45, 7) is 3.59. The molecule has 2 unspecified atom stereocenters. The van der Waals surface area contributed by atoms with Crippen LogP contribution in [-0.4, -0.2) is 82.4 Å². The number of fused-ring (bicyclic) bond motifs is 4. The third kappa shape index (κ3) is 3.46. The Bertz CT molecular complexity index is 1360. The maximum absolute atomic E-state index is 13.6. The van der Waals surface area contributed by atoms with E-state index in [0.717, 1.165) is 74.0 Å². The normalized spacial score (nSPS) is 25.2. The summed E-state index contributed by atoms with van der Waals surface area (Å²) in [7, 11) is 2.13. The third-order valence-electron chi connectivity index (χ3n) is 8.59. The van der Waals surface area contributed by atoms with Crippen LogP contribution in [0.1, 0.15) is 52.8 Å². The fourth-order valence-electron chi connectivity index (χ4n) is 6.78. The number of carbonyl (C=O) groups excluding carboxylic acids is 2. The van der Waals surface area contributed by atoms with E-state index in [1.165, 1.54) is 0 Å². The Morgan fingerprint density at radius 1 is 1.11 bits per heavy atom. The van der Waals surface area contributed by atoms with E-state index in [1.807, 2.05) is 30.5 Å². The molecular formula is C28H31N5O3. The zero-order valence-corrected chi connectivity index (χ0v) is 20.5. The number of amides is 1. The van der Waals surface area contributed by atoms with E-state index in [0.29, 0.717) is 23.3 Å². The summed E-state index contributed by atoms with van der Waals surface area (Å²) in [5, 5.41) is 4.27. The number of nitrogens with one attached hydrogen (secondary N) is 2. The van der Waals surface area contributed by atoms with Crippen LogP contribution in [0.15, 0.2) is 36.7 Å². The van der Waals surface area contributed by atoms with E-state index in [4.69, 9.17) is 4.74 Å². The lowest BCUT2D eigenvalue weighted by Gasteiger charge is -2.41. The highest BCUT2D eigenvalue weighted by Gasteiger charge is 2.43. The number of benzene rings is 1. The fraction of sp³-hybridized carbons (Fsp3) is 0.464. The molecule has 3 aromatic rings. The van der Waals surface area contributed by atoms with Crippen LogP contribution < -0.4 is 10.1 Å². The number of likely N-dealkylation sites (N-methyl/N-ethyl adjacent to an activating group) is 1. The molecule has 36 heavy (non-hydrogen) atoms. The Kier molecular flexibility index (Phi) is 4.98. The number of pyridine rings is 1. The van der Waals surface area contributed by atoms with Gasteiger partial charge < -0.3 is 24.8 Å². The number of aromatic nitrogens is 2. The summed E-state index contributed by atoms with van der Waals surface area (Å²) in [5.74, 6) is 0.888. The Balaban J connectivity index is 1.23. The van der Waals surface area contributed by atoms with Gasteiger partial charge in [-0.05, 0) is 56.7 Å². The highest BCUT2D eigenvalue weighted by Crippen LogP contribution is 2.41. The van der Waals surface area contributed by atoms with Crippen LogP contribution in [0.4, 0.5) is 0 Å². The van der Waals surface area contributed by atoms with Gasteiger partial charge in [0.2, 0.25) is 0 Å². The zero-order chi connectivity index (χ0) is 24.4. The van der Waals surface area contributed by atoms with Gasteiger partial charge in [0.15, 0.2) is 5.78 Å². The molecule has 3 fully saturated rings. The monoisotopic (exact) mass is 485 g/mol. The van der Waals surface area contributed by atoms with Gasteiger partial charge in [0.05, 0.1) is 17.5 Å². The molecule has 2 bridgehead atoms. The molecule has 7 rings (SSSR count). The van der Waals surface area contributed by atoms with Gasteiger partial charge in [-0.1, -0.05) is 6.07 Å². The largest absolute Gasteiger partial charge is 0.486 e. The van der Waals surface area contributed by atoms with Crippen molar-refractivity contribution in [2.45, 2.75) is 49.8 Å². The Morgan fingerprint density at radius 2 is 1.89 bits per heavy atom. The van der Waals surface area contributed by atoms with Crippen molar-refractivity contribution in [3.05, 3.63) is 47.8 Å². The molecule has 186 valence electrons. The number of likely N-dealkylation sites (tertiary alicyclic amines) is 1. The molecule has 0 saturated carbocycles. The second-order valence-corrected chi connectivity index (χ2v) is 11.0. The molecule has 4 aliphatic rings. The molecule has 4 aliphatic heterocycles. The lowest BCUT2D eigenvalue weighted by molar-refractivity contribution is 0.0188. The van der Waals surface area contributed by atoms with Crippen molar-refractivity contribution in [3.8, 4) is 16.9 Å². The average Bonchev–Trinajstić information content (AvgIpc) is 3.41. The zero-order valence-electron chi connectivity index (χ0n) is 20.5. The van der Waals surface area contributed by atoms with Crippen LogP contribution in [0, 0.1) is 0 Å². The third-order valence-corrected chi connectivity index (χ3v) is 8.59. The maximum Gasteiger partial charge on any atom is 0.256 e. The molecule has 1 aromatic carbocycles. The fourth-order valence-corrected chi connectivity index (χ4v) is 6.78. The number of Topliss-reactive ketones (excluding diaryl/α,β-unsaturated/α-hetero) is 1. The summed E-state index contributed by atoms with van der Waals surface area (Å²) in [4.78, 5) is 38.8. The maximum atomic E-state index is 13.6. The number of piperazine rings is 1. The van der Waals surface area contributed by atoms with E-state index in [2.05, 4.69) is 32.1 Å². The van der Waals surface area contributed by atoms with Gasteiger partial charge in [-0.15, -0.1) is 0 Å². The first-order valence-electron chi connectivity index (χ1n) is 13.1. The summed E-state index contributed by atoms with van der Waals surface area (Å²) in [6.07, 6.45) is 7.86. The number of hydrogen-bond acceptors (Lipinski definition) is 6. The standard InChI is InChI=1S/C28H31N5O3/c1-32-15-19-3-4-20(16-32)33(19)27(35)18-10-22-23(14-31-26(22)30-13-18)17-2-5-21-24(34)12-28(36-25(21)11-17)6-8-29-9-7-28/h2,5,10-11,13-14,19-20,29H,3-4,6-9,12,15-16H2,1H3,(H,30,31). The number of carbonyl (C=O) groups is 2. The second-order valence-electron chi connectivity index (χ2n) is 11.0. The molecule has 0 radical (unpaired) electrons. The van der Waals surface area contributed by atoms with Crippen molar-refractivity contribution in [1.29, 1.82) is 0 Å². The van der Waals surface area contributed by atoms with Crippen LogP contribution in [0.25, 0.3) is 22.2 Å². The summed E-state index contributed by atoms with van der Waals surface area (Å²) >= 11 is 0. The van der Waals surface area contributed by atoms with Crippen molar-refractivity contribution in [3.63, 3.8) is 0 Å². The predicted molar refractivity (Wildman–Crippen MR) is 136 cm³/mol. The Labute approximate surface area is 210 Å². The second kappa shape index (κ2) is 8.15. The first-order valence-corrected chi connectivity index (χ1v) is 13.1. The molecule has 8 heteroatoms. The number of piperidine rings is 1. The summed E-state index contributed by atoms with van der Waals surface area (Å²) in [5.41, 5.74) is 3.52. The molecule has 2 aromatic heterocycles. The highest BCUT2D eigenvalue weighted by atomic mass is 16.5. The quantitative estimate of drug-likeness (QED) is 0.579.